The zero-order valence-electron chi connectivity index (χ0n) is 8.14. The summed E-state index contributed by atoms with van der Waals surface area (Å²) in [5.41, 5.74) is 0. The van der Waals surface area contributed by atoms with Crippen LogP contribution in [0.5, 0.6) is 0 Å². The summed E-state index contributed by atoms with van der Waals surface area (Å²) < 4.78 is 0. The molecule has 0 radical (unpaired) electrons. The third kappa shape index (κ3) is 4.10. The molecule has 0 aliphatic heterocycles. The van der Waals surface area contributed by atoms with Crippen LogP contribution in [0.4, 0.5) is 0 Å². The van der Waals surface area contributed by atoms with Crippen molar-refractivity contribution >= 4 is 21.8 Å². The molecule has 0 heterocycles. The van der Waals surface area contributed by atoms with E-state index in [0.717, 1.165) is 18.2 Å². The number of carbonyl (C=O) groups is 1. The molecule has 0 aromatic rings. The summed E-state index contributed by atoms with van der Waals surface area (Å²) in [6.45, 7) is 4.23. The van der Waals surface area contributed by atoms with Crippen molar-refractivity contribution in [3.63, 3.8) is 0 Å². The second kappa shape index (κ2) is 6.46. The number of hydrogen-bond acceptors (Lipinski definition) is 1. The van der Waals surface area contributed by atoms with Crippen LogP contribution in [0.15, 0.2) is 0 Å². The maximum atomic E-state index is 11.4. The number of hydrogen-bond donors (Lipinski definition) is 0. The molecule has 0 aliphatic carbocycles. The van der Waals surface area contributed by atoms with E-state index in [0.29, 0.717) is 12.5 Å². The van der Waals surface area contributed by atoms with Gasteiger partial charge in [-0.15, -0.1) is 0 Å². The largest absolute Gasteiger partial charge is 0.343 e. The van der Waals surface area contributed by atoms with Gasteiger partial charge in [-0.25, -0.2) is 0 Å². The Morgan fingerprint density at radius 1 is 1.58 bits per heavy atom. The minimum atomic E-state index is 0.229. The number of carbonyl (C=O) groups excluding carboxylic acids is 1. The Morgan fingerprint density at radius 2 is 2.17 bits per heavy atom. The van der Waals surface area contributed by atoms with Gasteiger partial charge in [-0.2, -0.15) is 0 Å². The van der Waals surface area contributed by atoms with Gasteiger partial charge in [0.15, 0.2) is 0 Å². The fraction of sp³-hybridized carbons (Fsp3) is 0.889. The molecule has 1 unspecified atom stereocenters. The molecule has 12 heavy (non-hydrogen) atoms. The minimum absolute atomic E-state index is 0.229. The molecule has 0 bridgehead atoms. The van der Waals surface area contributed by atoms with E-state index in [-0.39, 0.29) is 5.91 Å². The van der Waals surface area contributed by atoms with Crippen LogP contribution in [-0.4, -0.2) is 29.2 Å². The zero-order chi connectivity index (χ0) is 9.56. The van der Waals surface area contributed by atoms with E-state index in [9.17, 15) is 4.79 Å². The molecule has 0 rings (SSSR count). The molecule has 0 aliphatic rings. The number of amides is 1. The highest BCUT2D eigenvalue weighted by molar-refractivity contribution is 9.09. The van der Waals surface area contributed by atoms with Gasteiger partial charge in [0, 0.05) is 24.8 Å². The summed E-state index contributed by atoms with van der Waals surface area (Å²) in [4.78, 5) is 13.2. The minimum Gasteiger partial charge on any atom is -0.343 e. The van der Waals surface area contributed by atoms with Crippen LogP contribution in [0.25, 0.3) is 0 Å². The van der Waals surface area contributed by atoms with Crippen molar-refractivity contribution in [1.82, 2.24) is 4.90 Å². The second-order valence-electron chi connectivity index (χ2n) is 3.08. The van der Waals surface area contributed by atoms with E-state index < -0.39 is 0 Å². The standard InChI is InChI=1S/C9H18BrNO/c1-4-5-8(2)11(3)9(12)6-7-10/h8H,4-7H2,1-3H3. The van der Waals surface area contributed by atoms with E-state index in [1.807, 2.05) is 11.9 Å². The highest BCUT2D eigenvalue weighted by Gasteiger charge is 2.13. The molecule has 0 N–H and O–H groups in total. The fourth-order valence-corrected chi connectivity index (χ4v) is 1.45. The highest BCUT2D eigenvalue weighted by Crippen LogP contribution is 2.06. The first-order valence-corrected chi connectivity index (χ1v) is 5.57. The average molecular weight is 236 g/mol. The van der Waals surface area contributed by atoms with Crippen LogP contribution in [0.2, 0.25) is 0 Å². The Kier molecular flexibility index (Phi) is 6.44. The predicted octanol–water partition coefficient (Wildman–Crippen LogP) is 2.42. The van der Waals surface area contributed by atoms with Crippen LogP contribution >= 0.6 is 15.9 Å². The van der Waals surface area contributed by atoms with Gasteiger partial charge in [-0.3, -0.25) is 4.79 Å². The van der Waals surface area contributed by atoms with Crippen molar-refractivity contribution in [3.05, 3.63) is 0 Å². The lowest BCUT2D eigenvalue weighted by atomic mass is 10.1. The SMILES string of the molecule is CCCC(C)N(C)C(=O)CCBr. The molecular weight excluding hydrogens is 218 g/mol. The molecule has 3 heteroatoms. The third-order valence-electron chi connectivity index (χ3n) is 2.07. The summed E-state index contributed by atoms with van der Waals surface area (Å²) in [5.74, 6) is 0.229. The van der Waals surface area contributed by atoms with Gasteiger partial charge in [-0.1, -0.05) is 29.3 Å². The molecular formula is C9H18BrNO. The lowest BCUT2D eigenvalue weighted by molar-refractivity contribution is -0.131. The average Bonchev–Trinajstić information content (AvgIpc) is 2.04. The summed E-state index contributed by atoms with van der Waals surface area (Å²) in [5, 5.41) is 0.759. The summed E-state index contributed by atoms with van der Waals surface area (Å²) in [6, 6.07) is 0.376. The molecule has 2 nitrogen and oxygen atoms in total. The maximum Gasteiger partial charge on any atom is 0.223 e. The monoisotopic (exact) mass is 235 g/mol. The van der Waals surface area contributed by atoms with Gasteiger partial charge < -0.3 is 4.90 Å². The first kappa shape index (κ1) is 11.9. The number of nitrogens with zero attached hydrogens (tertiary/aromatic N) is 1. The van der Waals surface area contributed by atoms with Crippen LogP contribution in [0, 0.1) is 0 Å². The van der Waals surface area contributed by atoms with Crippen molar-refractivity contribution in [2.75, 3.05) is 12.4 Å². The molecule has 72 valence electrons. The maximum absolute atomic E-state index is 11.4. The van der Waals surface area contributed by atoms with Gasteiger partial charge in [0.05, 0.1) is 0 Å². The van der Waals surface area contributed by atoms with Crippen molar-refractivity contribution < 1.29 is 4.79 Å². The Balaban J connectivity index is 3.82. The Morgan fingerprint density at radius 3 is 2.58 bits per heavy atom. The Labute approximate surface area is 83.4 Å². The molecule has 1 amide bonds. The number of alkyl halides is 1. The second-order valence-corrected chi connectivity index (χ2v) is 3.87. The molecule has 0 saturated carbocycles. The lowest BCUT2D eigenvalue weighted by Crippen LogP contribution is -2.34. The van der Waals surface area contributed by atoms with Crippen molar-refractivity contribution in [1.29, 1.82) is 0 Å². The van der Waals surface area contributed by atoms with Gasteiger partial charge in [0.2, 0.25) is 5.91 Å². The quantitative estimate of drug-likeness (QED) is 0.671. The summed E-state index contributed by atoms with van der Waals surface area (Å²) in [7, 11) is 1.88. The molecule has 0 fully saturated rings. The van der Waals surface area contributed by atoms with Gasteiger partial charge in [0.1, 0.15) is 0 Å². The Hall–Kier alpha value is -0.0500. The van der Waals surface area contributed by atoms with Crippen molar-refractivity contribution in [3.8, 4) is 0 Å². The number of rotatable bonds is 5. The predicted molar refractivity (Wildman–Crippen MR) is 55.6 cm³/mol. The first-order chi connectivity index (χ1) is 5.63. The number of halogens is 1. The Bertz CT molecular complexity index is 138. The van der Waals surface area contributed by atoms with Crippen LogP contribution in [-0.2, 0) is 4.79 Å². The molecule has 1 atom stereocenters. The third-order valence-corrected chi connectivity index (χ3v) is 2.47. The van der Waals surface area contributed by atoms with Gasteiger partial charge in [-0.05, 0) is 13.3 Å². The van der Waals surface area contributed by atoms with Crippen LogP contribution in [0.3, 0.4) is 0 Å². The van der Waals surface area contributed by atoms with Gasteiger partial charge in [0.25, 0.3) is 0 Å². The van der Waals surface area contributed by atoms with Crippen molar-refractivity contribution in [2.24, 2.45) is 0 Å². The molecule has 0 saturated heterocycles. The van der Waals surface area contributed by atoms with Crippen molar-refractivity contribution in [2.45, 2.75) is 39.2 Å². The highest BCUT2D eigenvalue weighted by atomic mass is 79.9. The van der Waals surface area contributed by atoms with E-state index in [2.05, 4.69) is 29.8 Å². The van der Waals surface area contributed by atoms with E-state index in [4.69, 9.17) is 0 Å². The fourth-order valence-electron chi connectivity index (χ4n) is 1.11. The normalized spacial score (nSPS) is 12.7. The first-order valence-electron chi connectivity index (χ1n) is 4.45. The van der Waals surface area contributed by atoms with Crippen LogP contribution in [0.1, 0.15) is 33.1 Å². The topological polar surface area (TPSA) is 20.3 Å². The van der Waals surface area contributed by atoms with E-state index in [1.54, 1.807) is 0 Å². The lowest BCUT2D eigenvalue weighted by Gasteiger charge is -2.24. The zero-order valence-corrected chi connectivity index (χ0v) is 9.73. The molecule has 0 aromatic heterocycles. The van der Waals surface area contributed by atoms with E-state index in [1.165, 1.54) is 0 Å². The van der Waals surface area contributed by atoms with Crippen LogP contribution < -0.4 is 0 Å². The summed E-state index contributed by atoms with van der Waals surface area (Å²) in [6.07, 6.45) is 2.82. The smallest absolute Gasteiger partial charge is 0.223 e. The van der Waals surface area contributed by atoms with Gasteiger partial charge >= 0.3 is 0 Å². The summed E-state index contributed by atoms with van der Waals surface area (Å²) >= 11 is 3.26. The molecule has 0 aromatic carbocycles. The molecule has 0 spiro atoms. The van der Waals surface area contributed by atoms with E-state index >= 15 is 0 Å².